The molecular formula is C31H19N3. The van der Waals surface area contributed by atoms with Gasteiger partial charge in [-0.3, -0.25) is 0 Å². The third-order valence-corrected chi connectivity index (χ3v) is 6.74. The van der Waals surface area contributed by atoms with Gasteiger partial charge in [-0.15, -0.1) is 0 Å². The molecule has 0 saturated heterocycles. The molecule has 0 saturated carbocycles. The van der Waals surface area contributed by atoms with Crippen molar-refractivity contribution in [3.63, 3.8) is 0 Å². The molecule has 0 aliphatic rings. The second kappa shape index (κ2) is 7.10. The number of nitriles is 1. The fourth-order valence-corrected chi connectivity index (χ4v) is 5.32. The molecule has 7 rings (SSSR count). The Morgan fingerprint density at radius 2 is 1.09 bits per heavy atom. The lowest BCUT2D eigenvalue weighted by atomic mass is 10.1. The average Bonchev–Trinajstić information content (AvgIpc) is 3.42. The van der Waals surface area contributed by atoms with Crippen molar-refractivity contribution in [3.8, 4) is 17.4 Å². The summed E-state index contributed by atoms with van der Waals surface area (Å²) in [6.45, 7) is 0. The van der Waals surface area contributed by atoms with E-state index in [9.17, 15) is 5.26 Å². The highest BCUT2D eigenvalue weighted by atomic mass is 15.0. The van der Waals surface area contributed by atoms with Gasteiger partial charge in [0.1, 0.15) is 0 Å². The van der Waals surface area contributed by atoms with Gasteiger partial charge in [-0.25, -0.2) is 0 Å². The second-order valence-electron chi connectivity index (χ2n) is 8.56. The molecule has 0 radical (unpaired) electrons. The van der Waals surface area contributed by atoms with E-state index in [1.54, 1.807) is 0 Å². The van der Waals surface area contributed by atoms with Gasteiger partial charge in [0.15, 0.2) is 0 Å². The molecule has 5 aromatic carbocycles. The van der Waals surface area contributed by atoms with Crippen molar-refractivity contribution in [1.82, 2.24) is 9.13 Å². The van der Waals surface area contributed by atoms with Crippen LogP contribution in [0.3, 0.4) is 0 Å². The van der Waals surface area contributed by atoms with E-state index >= 15 is 0 Å². The zero-order valence-electron chi connectivity index (χ0n) is 18.3. The lowest BCUT2D eigenvalue weighted by Crippen LogP contribution is -1.95. The van der Waals surface area contributed by atoms with Crippen LogP contribution in [0.1, 0.15) is 5.56 Å². The van der Waals surface area contributed by atoms with E-state index in [0.29, 0.717) is 5.56 Å². The first-order valence-electron chi connectivity index (χ1n) is 11.4. The highest BCUT2D eigenvalue weighted by Crippen LogP contribution is 2.41. The summed E-state index contributed by atoms with van der Waals surface area (Å²) < 4.78 is 4.70. The first-order chi connectivity index (χ1) is 16.8. The van der Waals surface area contributed by atoms with Gasteiger partial charge in [-0.2, -0.15) is 5.26 Å². The molecule has 0 bridgehead atoms. The van der Waals surface area contributed by atoms with Gasteiger partial charge in [0.2, 0.25) is 0 Å². The number of benzene rings is 5. The topological polar surface area (TPSA) is 33.6 Å². The molecule has 3 nitrogen and oxygen atoms in total. The molecule has 34 heavy (non-hydrogen) atoms. The van der Waals surface area contributed by atoms with Crippen LogP contribution < -0.4 is 0 Å². The molecule has 0 N–H and O–H groups in total. The minimum Gasteiger partial charge on any atom is -0.309 e. The lowest BCUT2D eigenvalue weighted by molar-refractivity contribution is 1.17. The Labute approximate surface area is 196 Å². The average molecular weight is 434 g/mol. The molecule has 0 aliphatic heterocycles. The number of aromatic nitrogens is 2. The third-order valence-electron chi connectivity index (χ3n) is 6.74. The van der Waals surface area contributed by atoms with Crippen LogP contribution in [0, 0.1) is 11.3 Å². The van der Waals surface area contributed by atoms with E-state index in [1.165, 1.54) is 38.1 Å². The quantitative estimate of drug-likeness (QED) is 0.274. The van der Waals surface area contributed by atoms with Gasteiger partial charge in [-0.1, -0.05) is 60.7 Å². The molecule has 0 amide bonds. The maximum atomic E-state index is 9.31. The van der Waals surface area contributed by atoms with Crippen molar-refractivity contribution in [2.75, 3.05) is 0 Å². The number of para-hydroxylation sites is 3. The highest BCUT2D eigenvalue weighted by molar-refractivity contribution is 6.26. The molecule has 0 fully saturated rings. The van der Waals surface area contributed by atoms with Crippen LogP contribution in [0.2, 0.25) is 0 Å². The predicted octanol–water partition coefficient (Wildman–Crippen LogP) is 7.75. The molecule has 0 unspecified atom stereocenters. The number of hydrogen-bond acceptors (Lipinski definition) is 1. The van der Waals surface area contributed by atoms with Gasteiger partial charge in [0.25, 0.3) is 0 Å². The summed E-state index contributed by atoms with van der Waals surface area (Å²) in [7, 11) is 0. The van der Waals surface area contributed by atoms with Crippen LogP contribution >= 0.6 is 0 Å². The van der Waals surface area contributed by atoms with Crippen molar-refractivity contribution < 1.29 is 0 Å². The molecule has 158 valence electrons. The second-order valence-corrected chi connectivity index (χ2v) is 8.56. The number of fused-ring (bicyclic) bond motifs is 7. The molecule has 7 aromatic rings. The Hall–Kier alpha value is -4.81. The smallest absolute Gasteiger partial charge is 0.0991 e. The Morgan fingerprint density at radius 3 is 1.82 bits per heavy atom. The molecule has 0 aliphatic carbocycles. The van der Waals surface area contributed by atoms with Crippen LogP contribution in [0.25, 0.3) is 55.0 Å². The van der Waals surface area contributed by atoms with E-state index in [4.69, 9.17) is 0 Å². The minimum atomic E-state index is 0.662. The van der Waals surface area contributed by atoms with Crippen LogP contribution in [-0.2, 0) is 0 Å². The van der Waals surface area contributed by atoms with E-state index < -0.39 is 0 Å². The van der Waals surface area contributed by atoms with Crippen molar-refractivity contribution in [2.45, 2.75) is 0 Å². The monoisotopic (exact) mass is 433 g/mol. The summed E-state index contributed by atoms with van der Waals surface area (Å²) >= 11 is 0. The van der Waals surface area contributed by atoms with Crippen molar-refractivity contribution in [1.29, 1.82) is 5.26 Å². The molecule has 0 atom stereocenters. The zero-order chi connectivity index (χ0) is 22.6. The van der Waals surface area contributed by atoms with E-state index in [-0.39, 0.29) is 0 Å². The van der Waals surface area contributed by atoms with Crippen LogP contribution in [-0.4, -0.2) is 9.13 Å². The fourth-order valence-electron chi connectivity index (χ4n) is 5.32. The Morgan fingerprint density at radius 1 is 0.471 bits per heavy atom. The van der Waals surface area contributed by atoms with Gasteiger partial charge in [0.05, 0.1) is 33.7 Å². The zero-order valence-corrected chi connectivity index (χ0v) is 18.3. The summed E-state index contributed by atoms with van der Waals surface area (Å²) in [6.07, 6.45) is 0. The summed E-state index contributed by atoms with van der Waals surface area (Å²) in [5, 5.41) is 14.2. The van der Waals surface area contributed by atoms with E-state index in [2.05, 4.69) is 106 Å². The van der Waals surface area contributed by atoms with Crippen molar-refractivity contribution in [2.24, 2.45) is 0 Å². The van der Waals surface area contributed by atoms with Crippen molar-refractivity contribution in [3.05, 3.63) is 121 Å². The largest absolute Gasteiger partial charge is 0.309 e. The van der Waals surface area contributed by atoms with Crippen LogP contribution in [0.15, 0.2) is 115 Å². The first kappa shape index (κ1) is 18.7. The normalized spacial score (nSPS) is 11.5. The molecule has 3 heteroatoms. The van der Waals surface area contributed by atoms with Gasteiger partial charge < -0.3 is 9.13 Å². The SMILES string of the molecule is N#Cc1ccc(-n2c3ccccc3c3ccc4c(c5ccccc5n4-c4ccccc4)c32)cc1. The van der Waals surface area contributed by atoms with E-state index in [0.717, 1.165) is 16.9 Å². The minimum absolute atomic E-state index is 0.662. The Bertz CT molecular complexity index is 1900. The standard InChI is InChI=1S/C31H19N3/c32-20-21-14-16-23(17-15-21)34-27-12-6-4-10-24(27)25-18-19-29-30(31(25)34)26-11-5-7-13-28(26)33(29)22-8-2-1-3-9-22/h1-19H. The van der Waals surface area contributed by atoms with Gasteiger partial charge >= 0.3 is 0 Å². The predicted molar refractivity (Wildman–Crippen MR) is 140 cm³/mol. The number of rotatable bonds is 2. The first-order valence-corrected chi connectivity index (χ1v) is 11.4. The van der Waals surface area contributed by atoms with Gasteiger partial charge in [-0.05, 0) is 54.6 Å². The summed E-state index contributed by atoms with van der Waals surface area (Å²) in [4.78, 5) is 0. The van der Waals surface area contributed by atoms with Crippen LogP contribution in [0.4, 0.5) is 0 Å². The number of nitrogens with zero attached hydrogens (tertiary/aromatic N) is 3. The molecular weight excluding hydrogens is 414 g/mol. The summed E-state index contributed by atoms with van der Waals surface area (Å²) in [6, 6.07) is 42.3. The van der Waals surface area contributed by atoms with E-state index in [1.807, 2.05) is 24.3 Å². The van der Waals surface area contributed by atoms with Crippen molar-refractivity contribution >= 4 is 43.6 Å². The summed E-state index contributed by atoms with van der Waals surface area (Å²) in [5.41, 5.74) is 7.57. The van der Waals surface area contributed by atoms with Crippen LogP contribution in [0.5, 0.6) is 0 Å². The Kier molecular flexibility index (Phi) is 3.91. The third kappa shape index (κ3) is 2.51. The highest BCUT2D eigenvalue weighted by Gasteiger charge is 2.20. The molecule has 0 spiro atoms. The maximum absolute atomic E-state index is 9.31. The Balaban J connectivity index is 1.73. The molecule has 2 aromatic heterocycles. The lowest BCUT2D eigenvalue weighted by Gasteiger charge is -2.10. The maximum Gasteiger partial charge on any atom is 0.0991 e. The number of hydrogen-bond donors (Lipinski definition) is 0. The molecule has 2 heterocycles. The summed E-state index contributed by atoms with van der Waals surface area (Å²) in [5.74, 6) is 0. The fraction of sp³-hybridized carbons (Fsp3) is 0. The van der Waals surface area contributed by atoms with Gasteiger partial charge in [0, 0.05) is 32.9 Å².